The molecule has 10 heteroatoms. The Balaban J connectivity index is 2.33. The molecule has 1 aromatic carbocycles. The summed E-state index contributed by atoms with van der Waals surface area (Å²) in [7, 11) is -4.05. The van der Waals surface area contributed by atoms with Crippen molar-refractivity contribution >= 4 is 21.5 Å². The Morgan fingerprint density at radius 1 is 1.35 bits per heavy atom. The van der Waals surface area contributed by atoms with Crippen LogP contribution < -0.4 is 15.2 Å². The second-order valence-electron chi connectivity index (χ2n) is 3.63. The Hall–Kier alpha value is -2.36. The van der Waals surface area contributed by atoms with Crippen LogP contribution in [0.3, 0.4) is 0 Å². The average molecular weight is 304 g/mol. The molecule has 0 radical (unpaired) electrons. The van der Waals surface area contributed by atoms with E-state index < -0.39 is 16.6 Å². The molecule has 0 unspecified atom stereocenters. The number of nitrogens with zero attached hydrogens (tertiary/aromatic N) is 1. The SMILES string of the molecule is Nc1[nH]ncc1S(=O)(=O)Nc1ccccc1OC(F)F. The van der Waals surface area contributed by atoms with Crippen LogP contribution in [0.1, 0.15) is 0 Å². The number of hydrogen-bond acceptors (Lipinski definition) is 5. The molecule has 0 aliphatic rings. The van der Waals surface area contributed by atoms with Crippen molar-refractivity contribution in [2.45, 2.75) is 11.5 Å². The summed E-state index contributed by atoms with van der Waals surface area (Å²) in [4.78, 5) is -0.288. The van der Waals surface area contributed by atoms with Gasteiger partial charge >= 0.3 is 6.61 Å². The number of aromatic nitrogens is 2. The molecule has 4 N–H and O–H groups in total. The van der Waals surface area contributed by atoms with Gasteiger partial charge in [0.25, 0.3) is 10.0 Å². The fourth-order valence-electron chi connectivity index (χ4n) is 1.45. The van der Waals surface area contributed by atoms with Crippen molar-refractivity contribution in [3.63, 3.8) is 0 Å². The van der Waals surface area contributed by atoms with Gasteiger partial charge in [0.2, 0.25) is 0 Å². The van der Waals surface area contributed by atoms with Crippen molar-refractivity contribution in [1.29, 1.82) is 0 Å². The minimum atomic E-state index is -4.05. The van der Waals surface area contributed by atoms with Crippen molar-refractivity contribution < 1.29 is 21.9 Å². The van der Waals surface area contributed by atoms with Gasteiger partial charge in [-0.15, -0.1) is 0 Å². The lowest BCUT2D eigenvalue weighted by Gasteiger charge is -2.12. The van der Waals surface area contributed by atoms with E-state index >= 15 is 0 Å². The number of H-pyrrole nitrogens is 1. The Kier molecular flexibility index (Phi) is 3.74. The average Bonchev–Trinajstić information content (AvgIpc) is 2.78. The van der Waals surface area contributed by atoms with Crippen molar-refractivity contribution in [2.75, 3.05) is 10.5 Å². The van der Waals surface area contributed by atoms with Crippen LogP contribution in [0.2, 0.25) is 0 Å². The summed E-state index contributed by atoms with van der Waals surface area (Å²) in [6, 6.07) is 5.39. The van der Waals surface area contributed by atoms with E-state index in [4.69, 9.17) is 5.73 Å². The molecular formula is C10H10F2N4O3S. The molecule has 0 saturated heterocycles. The topological polar surface area (TPSA) is 110 Å². The van der Waals surface area contributed by atoms with Crippen LogP contribution in [0.4, 0.5) is 20.3 Å². The van der Waals surface area contributed by atoms with Crippen LogP contribution >= 0.6 is 0 Å². The second-order valence-corrected chi connectivity index (χ2v) is 5.28. The summed E-state index contributed by atoms with van der Waals surface area (Å²) < 4.78 is 54.9. The predicted molar refractivity (Wildman–Crippen MR) is 66.9 cm³/mol. The quantitative estimate of drug-likeness (QED) is 0.773. The first-order chi connectivity index (χ1) is 9.40. The number of ether oxygens (including phenoxy) is 1. The molecule has 2 rings (SSSR count). The maximum atomic E-state index is 12.2. The van der Waals surface area contributed by atoms with Crippen LogP contribution in [0.25, 0.3) is 0 Å². The predicted octanol–water partition coefficient (Wildman–Crippen LogP) is 1.39. The fourth-order valence-corrected chi connectivity index (χ4v) is 2.54. The number of halogens is 2. The van der Waals surface area contributed by atoms with Crippen LogP contribution in [0.15, 0.2) is 35.4 Å². The summed E-state index contributed by atoms with van der Waals surface area (Å²) in [6.07, 6.45) is 1.01. The summed E-state index contributed by atoms with van der Waals surface area (Å²) in [6.45, 7) is -3.07. The van der Waals surface area contributed by atoms with Crippen molar-refractivity contribution in [2.24, 2.45) is 0 Å². The molecule has 0 aliphatic heterocycles. The van der Waals surface area contributed by atoms with Crippen molar-refractivity contribution in [3.05, 3.63) is 30.5 Å². The zero-order chi connectivity index (χ0) is 14.8. The molecule has 0 atom stereocenters. The van der Waals surface area contributed by atoms with Gasteiger partial charge in [-0.2, -0.15) is 13.9 Å². The van der Waals surface area contributed by atoms with Crippen molar-refractivity contribution in [1.82, 2.24) is 10.2 Å². The van der Waals surface area contributed by atoms with Gasteiger partial charge < -0.3 is 10.5 Å². The van der Waals surface area contributed by atoms with Gasteiger partial charge in [0.15, 0.2) is 0 Å². The highest BCUT2D eigenvalue weighted by Gasteiger charge is 2.21. The molecule has 20 heavy (non-hydrogen) atoms. The first-order valence-corrected chi connectivity index (χ1v) is 6.74. The van der Waals surface area contributed by atoms with Crippen LogP contribution in [0, 0.1) is 0 Å². The molecule has 0 amide bonds. The van der Waals surface area contributed by atoms with Crippen molar-refractivity contribution in [3.8, 4) is 5.75 Å². The van der Waals surface area contributed by atoms with Crippen LogP contribution in [0.5, 0.6) is 5.75 Å². The molecule has 0 spiro atoms. The number of nitrogens with one attached hydrogen (secondary N) is 2. The zero-order valence-corrected chi connectivity index (χ0v) is 10.7. The maximum absolute atomic E-state index is 12.2. The van der Waals surface area contributed by atoms with E-state index in [-0.39, 0.29) is 22.2 Å². The minimum absolute atomic E-state index is 0.131. The molecule has 0 saturated carbocycles. The molecule has 2 aromatic rings. The summed E-state index contributed by atoms with van der Waals surface area (Å²) >= 11 is 0. The van der Waals surface area contributed by atoms with Gasteiger partial charge in [-0.05, 0) is 12.1 Å². The van der Waals surface area contributed by atoms with E-state index in [1.54, 1.807) is 0 Å². The lowest BCUT2D eigenvalue weighted by atomic mass is 10.3. The fraction of sp³-hybridized carbons (Fsp3) is 0.100. The Morgan fingerprint density at radius 2 is 2.05 bits per heavy atom. The molecule has 0 aliphatic carbocycles. The van der Waals surface area contributed by atoms with E-state index in [2.05, 4.69) is 19.7 Å². The molecule has 0 bridgehead atoms. The van der Waals surface area contributed by atoms with Gasteiger partial charge in [-0.3, -0.25) is 9.82 Å². The number of hydrogen-bond donors (Lipinski definition) is 3. The lowest BCUT2D eigenvalue weighted by molar-refractivity contribution is -0.0493. The number of nitrogen functional groups attached to an aromatic ring is 1. The smallest absolute Gasteiger partial charge is 0.387 e. The first-order valence-electron chi connectivity index (χ1n) is 5.25. The third-order valence-electron chi connectivity index (χ3n) is 2.27. The van der Waals surface area contributed by atoms with E-state index in [1.807, 2.05) is 0 Å². The largest absolute Gasteiger partial charge is 0.433 e. The molecule has 108 valence electrons. The number of para-hydroxylation sites is 2. The summed E-state index contributed by atoms with van der Waals surface area (Å²) in [5.41, 5.74) is 5.28. The van der Waals surface area contributed by atoms with E-state index in [0.717, 1.165) is 6.20 Å². The standard InChI is InChI=1S/C10H10F2N4O3S/c11-10(12)19-7-4-2-1-3-6(7)16-20(17,18)8-5-14-15-9(8)13/h1-5,10,16H,(H3,13,14,15). The third-order valence-corrected chi connectivity index (χ3v) is 3.66. The van der Waals surface area contributed by atoms with E-state index in [0.29, 0.717) is 0 Å². The van der Waals surface area contributed by atoms with Gasteiger partial charge in [0.05, 0.1) is 11.9 Å². The molecule has 0 fully saturated rings. The number of benzene rings is 1. The van der Waals surface area contributed by atoms with E-state index in [1.165, 1.54) is 24.3 Å². The molecule has 1 heterocycles. The van der Waals surface area contributed by atoms with Gasteiger partial charge in [-0.1, -0.05) is 12.1 Å². The number of aromatic amines is 1. The van der Waals surface area contributed by atoms with Gasteiger partial charge in [-0.25, -0.2) is 8.42 Å². The minimum Gasteiger partial charge on any atom is -0.433 e. The molecular weight excluding hydrogens is 294 g/mol. The second kappa shape index (κ2) is 5.33. The first kappa shape index (κ1) is 14.1. The third kappa shape index (κ3) is 2.96. The highest BCUT2D eigenvalue weighted by atomic mass is 32.2. The highest BCUT2D eigenvalue weighted by molar-refractivity contribution is 7.92. The van der Waals surface area contributed by atoms with Crippen LogP contribution in [-0.2, 0) is 10.0 Å². The maximum Gasteiger partial charge on any atom is 0.387 e. The highest BCUT2D eigenvalue weighted by Crippen LogP contribution is 2.28. The monoisotopic (exact) mass is 304 g/mol. The number of nitrogens with two attached hydrogens (primary N) is 1. The summed E-state index contributed by atoms with van der Waals surface area (Å²) in [5, 5.41) is 5.74. The van der Waals surface area contributed by atoms with Gasteiger partial charge in [0, 0.05) is 0 Å². The van der Waals surface area contributed by atoms with Crippen LogP contribution in [-0.4, -0.2) is 25.2 Å². The number of anilines is 2. The molecule has 7 nitrogen and oxygen atoms in total. The normalized spacial score (nSPS) is 11.6. The zero-order valence-electron chi connectivity index (χ0n) is 9.88. The lowest BCUT2D eigenvalue weighted by Crippen LogP contribution is -2.15. The Bertz CT molecular complexity index is 702. The number of alkyl halides is 2. The number of sulfonamides is 1. The molecule has 1 aromatic heterocycles. The number of rotatable bonds is 5. The van der Waals surface area contributed by atoms with E-state index in [9.17, 15) is 17.2 Å². The Labute approximate surface area is 112 Å². The Morgan fingerprint density at radius 3 is 2.65 bits per heavy atom. The van der Waals surface area contributed by atoms with Gasteiger partial charge in [0.1, 0.15) is 16.5 Å². The summed E-state index contributed by atoms with van der Waals surface area (Å²) in [5.74, 6) is -0.460.